The van der Waals surface area contributed by atoms with E-state index < -0.39 is 22.5 Å². The second-order valence-corrected chi connectivity index (χ2v) is 5.18. The molecule has 1 aromatic carbocycles. The maximum absolute atomic E-state index is 13.5. The van der Waals surface area contributed by atoms with E-state index in [4.69, 9.17) is 5.73 Å². The standard InChI is InChI=1S/C11H15FN2O2S/c1-17(16)5-4-14-7-9-3-2-8(11(13)15)6-10(9)12/h2-3,6,14H,4-5,7H2,1H3,(H2,13,15). The fraction of sp³-hybridized carbons (Fsp3) is 0.364. The largest absolute Gasteiger partial charge is 0.366 e. The Morgan fingerprint density at radius 3 is 2.76 bits per heavy atom. The third-order valence-corrected chi connectivity index (χ3v) is 3.00. The molecule has 3 N–H and O–H groups in total. The summed E-state index contributed by atoms with van der Waals surface area (Å²) < 4.78 is 24.3. The number of carbonyl (C=O) groups is 1. The highest BCUT2D eigenvalue weighted by atomic mass is 32.2. The number of primary amides is 1. The number of halogens is 1. The molecule has 4 nitrogen and oxygen atoms in total. The Bertz CT molecular complexity index is 437. The summed E-state index contributed by atoms with van der Waals surface area (Å²) in [5.74, 6) is -0.586. The smallest absolute Gasteiger partial charge is 0.248 e. The lowest BCUT2D eigenvalue weighted by Crippen LogP contribution is -2.20. The van der Waals surface area contributed by atoms with Crippen molar-refractivity contribution < 1.29 is 13.4 Å². The molecule has 94 valence electrons. The molecule has 0 radical (unpaired) electrons. The monoisotopic (exact) mass is 258 g/mol. The molecule has 1 atom stereocenters. The third kappa shape index (κ3) is 4.62. The van der Waals surface area contributed by atoms with Crippen LogP contribution >= 0.6 is 0 Å². The van der Waals surface area contributed by atoms with E-state index in [9.17, 15) is 13.4 Å². The first-order chi connectivity index (χ1) is 8.00. The van der Waals surface area contributed by atoms with Crippen molar-refractivity contribution in [2.75, 3.05) is 18.6 Å². The predicted octanol–water partition coefficient (Wildman–Crippen LogP) is 0.393. The molecule has 0 aliphatic heterocycles. The molecule has 0 heterocycles. The minimum absolute atomic E-state index is 0.154. The first-order valence-corrected chi connectivity index (χ1v) is 6.82. The Morgan fingerprint density at radius 1 is 1.53 bits per heavy atom. The fourth-order valence-corrected chi connectivity index (χ4v) is 1.71. The van der Waals surface area contributed by atoms with Gasteiger partial charge in [-0.25, -0.2) is 4.39 Å². The van der Waals surface area contributed by atoms with Gasteiger partial charge in [-0.05, 0) is 12.1 Å². The lowest BCUT2D eigenvalue weighted by Gasteiger charge is -2.06. The number of hydrogen-bond acceptors (Lipinski definition) is 3. The van der Waals surface area contributed by atoms with Crippen molar-refractivity contribution in [1.82, 2.24) is 5.32 Å². The highest BCUT2D eigenvalue weighted by molar-refractivity contribution is 7.84. The first-order valence-electron chi connectivity index (χ1n) is 5.09. The molecule has 0 spiro atoms. The molecular formula is C11H15FN2O2S. The molecule has 1 aromatic rings. The van der Waals surface area contributed by atoms with Gasteiger partial charge in [0.1, 0.15) is 5.82 Å². The molecule has 6 heteroatoms. The molecule has 0 fully saturated rings. The number of amides is 1. The average Bonchev–Trinajstić information content (AvgIpc) is 2.25. The van der Waals surface area contributed by atoms with Crippen LogP contribution in [-0.4, -0.2) is 28.7 Å². The Balaban J connectivity index is 2.54. The van der Waals surface area contributed by atoms with Crippen molar-refractivity contribution in [3.05, 3.63) is 35.1 Å². The van der Waals surface area contributed by atoms with Gasteiger partial charge in [0.15, 0.2) is 0 Å². The summed E-state index contributed by atoms with van der Waals surface area (Å²) in [5.41, 5.74) is 5.64. The number of benzene rings is 1. The van der Waals surface area contributed by atoms with Crippen LogP contribution in [0.1, 0.15) is 15.9 Å². The third-order valence-electron chi connectivity index (χ3n) is 2.22. The topological polar surface area (TPSA) is 72.2 Å². The lowest BCUT2D eigenvalue weighted by molar-refractivity contribution is 0.1000. The number of carbonyl (C=O) groups excluding carboxylic acids is 1. The Labute approximate surface area is 102 Å². The molecule has 1 rings (SSSR count). The van der Waals surface area contributed by atoms with Gasteiger partial charge in [0.2, 0.25) is 5.91 Å². The summed E-state index contributed by atoms with van der Waals surface area (Å²) in [4.78, 5) is 10.8. The Hall–Kier alpha value is -1.27. The maximum atomic E-state index is 13.5. The summed E-state index contributed by atoms with van der Waals surface area (Å²) in [7, 11) is -0.856. The first kappa shape index (κ1) is 13.8. The fourth-order valence-electron chi connectivity index (χ4n) is 1.28. The van der Waals surface area contributed by atoms with Gasteiger partial charge in [-0.2, -0.15) is 0 Å². The summed E-state index contributed by atoms with van der Waals surface area (Å²) >= 11 is 0. The normalized spacial score (nSPS) is 12.4. The molecule has 0 aromatic heterocycles. The molecule has 0 aliphatic carbocycles. The van der Waals surface area contributed by atoms with Crippen LogP contribution in [0.2, 0.25) is 0 Å². The van der Waals surface area contributed by atoms with Crippen LogP contribution in [-0.2, 0) is 17.3 Å². The maximum Gasteiger partial charge on any atom is 0.248 e. The second kappa shape index (κ2) is 6.46. The summed E-state index contributed by atoms with van der Waals surface area (Å²) in [6, 6.07) is 4.13. The van der Waals surface area contributed by atoms with Crippen LogP contribution in [0.25, 0.3) is 0 Å². The zero-order valence-electron chi connectivity index (χ0n) is 9.53. The highest BCUT2D eigenvalue weighted by Crippen LogP contribution is 2.09. The molecule has 0 bridgehead atoms. The summed E-state index contributed by atoms with van der Waals surface area (Å²) in [6.07, 6.45) is 1.61. The van der Waals surface area contributed by atoms with Crippen LogP contribution in [0.4, 0.5) is 4.39 Å². The van der Waals surface area contributed by atoms with E-state index in [0.29, 0.717) is 24.4 Å². The van der Waals surface area contributed by atoms with E-state index in [1.165, 1.54) is 12.1 Å². The molecule has 0 saturated carbocycles. The van der Waals surface area contributed by atoms with Crippen molar-refractivity contribution in [2.45, 2.75) is 6.54 Å². The number of nitrogens with one attached hydrogen (secondary N) is 1. The van der Waals surface area contributed by atoms with Crippen LogP contribution < -0.4 is 11.1 Å². The van der Waals surface area contributed by atoms with Crippen LogP contribution in [0.3, 0.4) is 0 Å². The number of rotatable bonds is 6. The Morgan fingerprint density at radius 2 is 2.24 bits per heavy atom. The average molecular weight is 258 g/mol. The Kier molecular flexibility index (Phi) is 5.24. The molecule has 17 heavy (non-hydrogen) atoms. The van der Waals surface area contributed by atoms with Gasteiger partial charge in [0.05, 0.1) is 0 Å². The van der Waals surface area contributed by atoms with Crippen LogP contribution in [0.15, 0.2) is 18.2 Å². The zero-order chi connectivity index (χ0) is 12.8. The van der Waals surface area contributed by atoms with Gasteiger partial charge >= 0.3 is 0 Å². The van der Waals surface area contributed by atoms with Gasteiger partial charge in [-0.1, -0.05) is 6.07 Å². The number of hydrogen-bond donors (Lipinski definition) is 2. The van der Waals surface area contributed by atoms with Gasteiger partial charge in [-0.3, -0.25) is 9.00 Å². The summed E-state index contributed by atoms with van der Waals surface area (Å²) in [5, 5.41) is 2.97. The summed E-state index contributed by atoms with van der Waals surface area (Å²) in [6.45, 7) is 0.891. The van der Waals surface area contributed by atoms with Crippen molar-refractivity contribution in [3.63, 3.8) is 0 Å². The van der Waals surface area contributed by atoms with Crippen molar-refractivity contribution >= 4 is 16.7 Å². The van der Waals surface area contributed by atoms with E-state index in [2.05, 4.69) is 5.32 Å². The lowest BCUT2D eigenvalue weighted by atomic mass is 10.1. The molecule has 0 saturated heterocycles. The van der Waals surface area contributed by atoms with Gasteiger partial charge in [0, 0.05) is 47.0 Å². The quantitative estimate of drug-likeness (QED) is 0.725. The molecule has 1 unspecified atom stereocenters. The second-order valence-electron chi connectivity index (χ2n) is 3.62. The van der Waals surface area contributed by atoms with Crippen molar-refractivity contribution in [2.24, 2.45) is 5.73 Å². The molecule has 1 amide bonds. The van der Waals surface area contributed by atoms with Gasteiger partial charge in [0.25, 0.3) is 0 Å². The van der Waals surface area contributed by atoms with Crippen LogP contribution in [0.5, 0.6) is 0 Å². The highest BCUT2D eigenvalue weighted by Gasteiger charge is 2.06. The zero-order valence-corrected chi connectivity index (χ0v) is 10.3. The van der Waals surface area contributed by atoms with E-state index in [0.717, 1.165) is 6.07 Å². The number of nitrogens with two attached hydrogens (primary N) is 1. The molecular weight excluding hydrogens is 243 g/mol. The minimum atomic E-state index is -0.856. The van der Waals surface area contributed by atoms with Gasteiger partial charge in [-0.15, -0.1) is 0 Å². The van der Waals surface area contributed by atoms with E-state index in [1.807, 2.05) is 0 Å². The van der Waals surface area contributed by atoms with E-state index in [-0.39, 0.29) is 5.56 Å². The van der Waals surface area contributed by atoms with E-state index >= 15 is 0 Å². The minimum Gasteiger partial charge on any atom is -0.366 e. The predicted molar refractivity (Wildman–Crippen MR) is 65.6 cm³/mol. The van der Waals surface area contributed by atoms with E-state index in [1.54, 1.807) is 6.26 Å². The van der Waals surface area contributed by atoms with Gasteiger partial charge < -0.3 is 11.1 Å². The van der Waals surface area contributed by atoms with Crippen molar-refractivity contribution in [3.8, 4) is 0 Å². The van der Waals surface area contributed by atoms with Crippen LogP contribution in [0, 0.1) is 5.82 Å². The SMILES string of the molecule is CS(=O)CCNCc1ccc(C(N)=O)cc1F. The van der Waals surface area contributed by atoms with Crippen molar-refractivity contribution in [1.29, 1.82) is 0 Å². The molecule has 0 aliphatic rings.